The predicted molar refractivity (Wildman–Crippen MR) is 114 cm³/mol. The Morgan fingerprint density at radius 1 is 1.34 bits per heavy atom. The number of methoxy groups -OCH3 is 2. The smallest absolute Gasteiger partial charge is 0.225 e. The third-order valence-electron chi connectivity index (χ3n) is 4.97. The Kier molecular flexibility index (Phi) is 6.99. The summed E-state index contributed by atoms with van der Waals surface area (Å²) < 4.78 is 10.5. The Hall–Kier alpha value is -2.72. The van der Waals surface area contributed by atoms with E-state index in [1.165, 1.54) is 17.3 Å². The number of carbonyl (C=O) groups is 1. The minimum Gasteiger partial charge on any atom is -0.497 e. The van der Waals surface area contributed by atoms with Crippen molar-refractivity contribution in [2.45, 2.75) is 37.6 Å². The Morgan fingerprint density at radius 3 is 2.90 bits per heavy atom. The first-order valence-electron chi connectivity index (χ1n) is 9.61. The molecule has 1 aliphatic rings. The van der Waals surface area contributed by atoms with Crippen molar-refractivity contribution in [2.24, 2.45) is 5.92 Å². The van der Waals surface area contributed by atoms with Crippen LogP contribution in [0.2, 0.25) is 0 Å². The number of hydrogen-bond acceptors (Lipinski definition) is 6. The molecule has 1 aliphatic carbocycles. The first-order valence-corrected chi connectivity index (χ1v) is 10.6. The highest BCUT2D eigenvalue weighted by Crippen LogP contribution is 2.31. The first kappa shape index (κ1) is 21.0. The largest absolute Gasteiger partial charge is 0.497 e. The van der Waals surface area contributed by atoms with Gasteiger partial charge in [0.2, 0.25) is 5.91 Å². The second-order valence-corrected chi connectivity index (χ2v) is 8.20. The highest BCUT2D eigenvalue weighted by molar-refractivity contribution is 7.99. The van der Waals surface area contributed by atoms with Gasteiger partial charge >= 0.3 is 0 Å². The van der Waals surface area contributed by atoms with Crippen LogP contribution in [0.1, 0.15) is 36.6 Å². The Morgan fingerprint density at radius 2 is 2.17 bits per heavy atom. The average molecular weight is 412 g/mol. The lowest BCUT2D eigenvalue weighted by molar-refractivity contribution is -0.115. The van der Waals surface area contributed by atoms with Crippen LogP contribution in [0.3, 0.4) is 0 Å². The monoisotopic (exact) mass is 411 g/mol. The molecule has 0 saturated carbocycles. The summed E-state index contributed by atoms with van der Waals surface area (Å²) in [6, 6.07) is 9.48. The van der Waals surface area contributed by atoms with E-state index < -0.39 is 0 Å². The zero-order chi connectivity index (χ0) is 20.8. The van der Waals surface area contributed by atoms with Gasteiger partial charge in [0.1, 0.15) is 22.6 Å². The molecule has 0 saturated heterocycles. The third-order valence-corrected chi connectivity index (χ3v) is 5.96. The van der Waals surface area contributed by atoms with E-state index in [4.69, 9.17) is 14.5 Å². The standard InChI is InChI=1S/C22H25N3O3S/c1-14-4-6-18-15(10-14)11-16(13-23)22(25-18)29-9-8-21(26)24-19-12-17(27-2)5-7-20(19)28-3/h5,7,11-12,14H,4,6,8-10H2,1-3H3,(H,24,26). The maximum absolute atomic E-state index is 12.4. The van der Waals surface area contributed by atoms with Gasteiger partial charge in [-0.15, -0.1) is 11.8 Å². The molecular weight excluding hydrogens is 386 g/mol. The van der Waals surface area contributed by atoms with Crippen molar-refractivity contribution in [3.05, 3.63) is 41.1 Å². The zero-order valence-electron chi connectivity index (χ0n) is 16.9. The van der Waals surface area contributed by atoms with Gasteiger partial charge in [0, 0.05) is 23.9 Å². The van der Waals surface area contributed by atoms with Gasteiger partial charge in [-0.1, -0.05) is 6.92 Å². The Labute approximate surface area is 175 Å². The average Bonchev–Trinajstić information content (AvgIpc) is 2.73. The van der Waals surface area contributed by atoms with Crippen molar-refractivity contribution in [3.8, 4) is 17.6 Å². The number of aromatic nitrogens is 1. The van der Waals surface area contributed by atoms with Gasteiger partial charge in [-0.05, 0) is 48.9 Å². The Bertz CT molecular complexity index is 940. The zero-order valence-corrected chi connectivity index (χ0v) is 17.8. The maximum atomic E-state index is 12.4. The normalized spacial score (nSPS) is 15.2. The van der Waals surface area contributed by atoms with E-state index in [2.05, 4.69) is 18.3 Å². The molecule has 1 aromatic heterocycles. The number of benzene rings is 1. The number of pyridine rings is 1. The lowest BCUT2D eigenvalue weighted by Crippen LogP contribution is -2.15. The molecule has 29 heavy (non-hydrogen) atoms. The van der Waals surface area contributed by atoms with Crippen LogP contribution < -0.4 is 14.8 Å². The van der Waals surface area contributed by atoms with Gasteiger partial charge in [-0.25, -0.2) is 4.98 Å². The quantitative estimate of drug-likeness (QED) is 0.687. The number of anilines is 1. The van der Waals surface area contributed by atoms with Gasteiger partial charge in [0.25, 0.3) is 0 Å². The maximum Gasteiger partial charge on any atom is 0.225 e. The number of hydrogen-bond donors (Lipinski definition) is 1. The summed E-state index contributed by atoms with van der Waals surface area (Å²) in [6.45, 7) is 2.23. The summed E-state index contributed by atoms with van der Waals surface area (Å²) in [5, 5.41) is 13.1. The number of nitrogens with zero attached hydrogens (tertiary/aromatic N) is 2. The Balaban J connectivity index is 1.62. The number of ether oxygens (including phenoxy) is 2. The molecule has 0 fully saturated rings. The van der Waals surface area contributed by atoms with Crippen LogP contribution >= 0.6 is 11.8 Å². The predicted octanol–water partition coefficient (Wildman–Crippen LogP) is 4.22. The van der Waals surface area contributed by atoms with Crippen molar-refractivity contribution in [1.82, 2.24) is 4.98 Å². The van der Waals surface area contributed by atoms with Crippen LogP contribution in [-0.2, 0) is 17.6 Å². The highest BCUT2D eigenvalue weighted by Gasteiger charge is 2.19. The van der Waals surface area contributed by atoms with Crippen molar-refractivity contribution >= 4 is 23.4 Å². The molecule has 1 heterocycles. The lowest BCUT2D eigenvalue weighted by Gasteiger charge is -2.21. The molecule has 0 bridgehead atoms. The van der Waals surface area contributed by atoms with E-state index >= 15 is 0 Å². The molecular formula is C22H25N3O3S. The molecule has 1 atom stereocenters. The van der Waals surface area contributed by atoms with E-state index in [-0.39, 0.29) is 5.91 Å². The van der Waals surface area contributed by atoms with Crippen molar-refractivity contribution in [1.29, 1.82) is 5.26 Å². The second kappa shape index (κ2) is 9.66. The van der Waals surface area contributed by atoms with E-state index in [9.17, 15) is 10.1 Å². The molecule has 0 aliphatic heterocycles. The summed E-state index contributed by atoms with van der Waals surface area (Å²) in [5.41, 5.74) is 3.45. The van der Waals surface area contributed by atoms with Crippen molar-refractivity contribution in [2.75, 3.05) is 25.3 Å². The molecule has 0 spiro atoms. The minimum atomic E-state index is -0.130. The van der Waals surface area contributed by atoms with Gasteiger partial charge < -0.3 is 14.8 Å². The van der Waals surface area contributed by atoms with Crippen LogP contribution in [0, 0.1) is 17.2 Å². The number of thioether (sulfide) groups is 1. The summed E-state index contributed by atoms with van der Waals surface area (Å²) in [7, 11) is 3.13. The van der Waals surface area contributed by atoms with Crippen molar-refractivity contribution in [3.63, 3.8) is 0 Å². The number of aryl methyl sites for hydroxylation is 1. The fourth-order valence-corrected chi connectivity index (χ4v) is 4.30. The highest BCUT2D eigenvalue weighted by atomic mass is 32.2. The molecule has 1 N–H and O–H groups in total. The van der Waals surface area contributed by atoms with Crippen LogP contribution in [0.4, 0.5) is 5.69 Å². The number of fused-ring (bicyclic) bond motifs is 1. The van der Waals surface area contributed by atoms with E-state index in [0.29, 0.717) is 45.9 Å². The molecule has 2 aromatic rings. The van der Waals surface area contributed by atoms with Crippen LogP contribution in [0.15, 0.2) is 29.3 Å². The molecule has 3 rings (SSSR count). The molecule has 0 radical (unpaired) electrons. The molecule has 6 nitrogen and oxygen atoms in total. The molecule has 152 valence electrons. The van der Waals surface area contributed by atoms with Crippen LogP contribution in [0.25, 0.3) is 0 Å². The summed E-state index contributed by atoms with van der Waals surface area (Å²) in [5.74, 6) is 2.25. The lowest BCUT2D eigenvalue weighted by atomic mass is 9.87. The van der Waals surface area contributed by atoms with E-state index in [0.717, 1.165) is 25.0 Å². The van der Waals surface area contributed by atoms with Crippen LogP contribution in [0.5, 0.6) is 11.5 Å². The number of carbonyl (C=O) groups excluding carboxylic acids is 1. The summed E-state index contributed by atoms with van der Waals surface area (Å²) in [6.07, 6.45) is 3.35. The number of nitriles is 1. The van der Waals surface area contributed by atoms with E-state index in [1.54, 1.807) is 32.4 Å². The van der Waals surface area contributed by atoms with Crippen molar-refractivity contribution < 1.29 is 14.3 Å². The molecule has 1 amide bonds. The minimum absolute atomic E-state index is 0.130. The second-order valence-electron chi connectivity index (χ2n) is 7.12. The summed E-state index contributed by atoms with van der Waals surface area (Å²) in [4.78, 5) is 17.1. The number of amides is 1. The third kappa shape index (κ3) is 5.21. The molecule has 1 unspecified atom stereocenters. The summed E-state index contributed by atoms with van der Waals surface area (Å²) >= 11 is 1.45. The number of rotatable bonds is 7. The fraction of sp³-hybridized carbons (Fsp3) is 0.409. The fourth-order valence-electron chi connectivity index (χ4n) is 3.38. The van der Waals surface area contributed by atoms with Gasteiger partial charge in [-0.3, -0.25) is 4.79 Å². The van der Waals surface area contributed by atoms with E-state index in [1.807, 2.05) is 6.07 Å². The van der Waals surface area contributed by atoms with Gasteiger partial charge in [0.15, 0.2) is 0 Å². The topological polar surface area (TPSA) is 84.2 Å². The number of nitrogens with one attached hydrogen (secondary N) is 1. The molecule has 1 aromatic carbocycles. The van der Waals surface area contributed by atoms with Gasteiger partial charge in [0.05, 0.1) is 25.5 Å². The van der Waals surface area contributed by atoms with Gasteiger partial charge in [-0.2, -0.15) is 5.26 Å². The molecule has 7 heteroatoms. The first-order chi connectivity index (χ1) is 14.0. The van der Waals surface area contributed by atoms with Crippen LogP contribution in [-0.4, -0.2) is 30.9 Å². The SMILES string of the molecule is COc1ccc(OC)c(NC(=O)CCSc2nc3c(cc2C#N)CC(C)CC3)c1.